The molecule has 0 spiro atoms. The van der Waals surface area contributed by atoms with Gasteiger partial charge < -0.3 is 20.7 Å². The Morgan fingerprint density at radius 3 is 2.38 bits per heavy atom. The Morgan fingerprint density at radius 2 is 1.64 bits per heavy atom. The molecule has 3 aromatic carbocycles. The molecule has 4 N–H and O–H groups in total. The highest BCUT2D eigenvalue weighted by atomic mass is 35.5. The fourth-order valence-electron chi connectivity index (χ4n) is 4.59. The van der Waals surface area contributed by atoms with E-state index in [1.807, 2.05) is 0 Å². The van der Waals surface area contributed by atoms with Gasteiger partial charge in [-0.1, -0.05) is 48.2 Å². The lowest BCUT2D eigenvalue weighted by Crippen LogP contribution is -2.37. The summed E-state index contributed by atoms with van der Waals surface area (Å²) in [5, 5.41) is 9.47. The normalized spacial score (nSPS) is 13.8. The average molecular weight is 634 g/mol. The average Bonchev–Trinajstić information content (AvgIpc) is 2.98. The number of hydrogen-bond donors (Lipinski definition) is 4. The third-order valence-electron chi connectivity index (χ3n) is 6.90. The molecule has 0 unspecified atom stereocenters. The van der Waals surface area contributed by atoms with Gasteiger partial charge in [-0.25, -0.2) is 8.42 Å². The van der Waals surface area contributed by atoms with E-state index in [0.29, 0.717) is 17.3 Å². The molecule has 2 amide bonds. The summed E-state index contributed by atoms with van der Waals surface area (Å²) in [5.74, 6) is 0.564. The van der Waals surface area contributed by atoms with Gasteiger partial charge in [-0.3, -0.25) is 14.3 Å². The van der Waals surface area contributed by atoms with E-state index in [1.54, 1.807) is 36.4 Å². The van der Waals surface area contributed by atoms with Crippen LogP contribution in [0.25, 0.3) is 0 Å². The lowest BCUT2D eigenvalue weighted by atomic mass is 9.92. The van der Waals surface area contributed by atoms with Gasteiger partial charge in [0, 0.05) is 17.1 Å². The SMILES string of the molecule is O=C(CNC(=O)c1ccc(S(=O)(=O)Nc2ccccc2Oc2ccc(Cl)cc2Cl)cc1)NCCCCC1CCNCC1. The number of anilines is 1. The summed E-state index contributed by atoms with van der Waals surface area (Å²) in [7, 11) is -4.02. The first-order valence-corrected chi connectivity index (χ1v) is 16.1. The maximum Gasteiger partial charge on any atom is 0.262 e. The van der Waals surface area contributed by atoms with Gasteiger partial charge in [0.25, 0.3) is 15.9 Å². The minimum Gasteiger partial charge on any atom is -0.454 e. The standard InChI is InChI=1S/C30H34Cl2N4O5S/c31-23-10-13-27(25(32)19-23)41-28-7-2-1-6-26(28)36-42(39,40)24-11-8-22(9-12-24)30(38)35-20-29(37)34-16-4-3-5-21-14-17-33-18-15-21/h1-2,6-13,19,21,33,36H,3-5,14-18,20H2,(H,34,37)(H,35,38). The van der Waals surface area contributed by atoms with Crippen molar-refractivity contribution in [2.24, 2.45) is 5.92 Å². The maximum absolute atomic E-state index is 13.1. The van der Waals surface area contributed by atoms with Gasteiger partial charge in [0.2, 0.25) is 5.91 Å². The van der Waals surface area contributed by atoms with E-state index in [4.69, 9.17) is 27.9 Å². The van der Waals surface area contributed by atoms with Crippen LogP contribution < -0.4 is 25.4 Å². The first-order valence-electron chi connectivity index (χ1n) is 13.8. The number of halogens is 2. The predicted octanol–water partition coefficient (Wildman–Crippen LogP) is 5.60. The van der Waals surface area contributed by atoms with E-state index in [1.165, 1.54) is 49.6 Å². The van der Waals surface area contributed by atoms with Gasteiger partial charge in [-0.2, -0.15) is 0 Å². The molecule has 0 aromatic heterocycles. The van der Waals surface area contributed by atoms with Crippen LogP contribution in [0, 0.1) is 5.92 Å². The van der Waals surface area contributed by atoms with E-state index in [2.05, 4.69) is 20.7 Å². The van der Waals surface area contributed by atoms with Crippen molar-refractivity contribution in [2.45, 2.75) is 37.0 Å². The van der Waals surface area contributed by atoms with Crippen LogP contribution in [0.2, 0.25) is 10.0 Å². The number of carbonyl (C=O) groups is 2. The van der Waals surface area contributed by atoms with Crippen LogP contribution in [-0.4, -0.2) is 46.4 Å². The zero-order chi connectivity index (χ0) is 30.0. The molecular formula is C30H34Cl2N4O5S. The van der Waals surface area contributed by atoms with Crippen LogP contribution >= 0.6 is 23.2 Å². The summed E-state index contributed by atoms with van der Waals surface area (Å²) in [5.41, 5.74) is 0.424. The maximum atomic E-state index is 13.1. The molecule has 1 saturated heterocycles. The largest absolute Gasteiger partial charge is 0.454 e. The fourth-order valence-corrected chi connectivity index (χ4v) is 6.10. The van der Waals surface area contributed by atoms with E-state index in [9.17, 15) is 18.0 Å². The van der Waals surface area contributed by atoms with Crippen LogP contribution in [0.5, 0.6) is 11.5 Å². The number of hydrogen-bond acceptors (Lipinski definition) is 6. The molecule has 3 aromatic rings. The molecule has 1 aliphatic rings. The number of benzene rings is 3. The number of unbranched alkanes of at least 4 members (excludes halogenated alkanes) is 1. The summed E-state index contributed by atoms with van der Waals surface area (Å²) in [6.45, 7) is 2.58. The third-order valence-corrected chi connectivity index (χ3v) is 8.81. The molecule has 4 rings (SSSR count). The van der Waals surface area contributed by atoms with Crippen molar-refractivity contribution in [2.75, 3.05) is 30.9 Å². The summed E-state index contributed by atoms with van der Waals surface area (Å²) >= 11 is 12.1. The first kappa shape index (κ1) is 31.6. The van der Waals surface area contributed by atoms with Crippen LogP contribution in [0.3, 0.4) is 0 Å². The van der Waals surface area contributed by atoms with Crippen molar-refractivity contribution in [1.82, 2.24) is 16.0 Å². The van der Waals surface area contributed by atoms with Gasteiger partial charge >= 0.3 is 0 Å². The number of ether oxygens (including phenoxy) is 1. The van der Waals surface area contributed by atoms with Gasteiger partial charge in [-0.15, -0.1) is 0 Å². The highest BCUT2D eigenvalue weighted by Gasteiger charge is 2.19. The van der Waals surface area contributed by atoms with Gasteiger partial charge in [0.15, 0.2) is 5.75 Å². The highest BCUT2D eigenvalue weighted by molar-refractivity contribution is 7.92. The van der Waals surface area contributed by atoms with Crippen molar-refractivity contribution in [3.63, 3.8) is 0 Å². The Balaban J connectivity index is 1.26. The van der Waals surface area contributed by atoms with Crippen LogP contribution in [0.1, 0.15) is 42.5 Å². The van der Waals surface area contributed by atoms with Gasteiger partial charge in [0.1, 0.15) is 5.75 Å². The number of amides is 2. The number of carbonyl (C=O) groups excluding carboxylic acids is 2. The highest BCUT2D eigenvalue weighted by Crippen LogP contribution is 2.35. The summed E-state index contributed by atoms with van der Waals surface area (Å²) in [6, 6.07) is 16.6. The number of rotatable bonds is 13. The Hall–Kier alpha value is -3.31. The molecule has 1 aliphatic heterocycles. The van der Waals surface area contributed by atoms with Crippen molar-refractivity contribution < 1.29 is 22.7 Å². The van der Waals surface area contributed by atoms with Crippen LogP contribution in [0.15, 0.2) is 71.6 Å². The molecule has 1 heterocycles. The van der Waals surface area contributed by atoms with Gasteiger partial charge in [-0.05, 0) is 92.9 Å². The zero-order valence-electron chi connectivity index (χ0n) is 23.0. The lowest BCUT2D eigenvalue weighted by Gasteiger charge is -2.22. The number of para-hydroxylation sites is 2. The summed E-state index contributed by atoms with van der Waals surface area (Å²) < 4.78 is 34.5. The lowest BCUT2D eigenvalue weighted by molar-refractivity contribution is -0.120. The molecular weight excluding hydrogens is 599 g/mol. The minimum absolute atomic E-state index is 0.0550. The number of sulfonamides is 1. The smallest absolute Gasteiger partial charge is 0.262 e. The van der Waals surface area contributed by atoms with E-state index in [0.717, 1.165) is 31.8 Å². The summed E-state index contributed by atoms with van der Waals surface area (Å²) in [6.07, 6.45) is 5.57. The van der Waals surface area contributed by atoms with Crippen molar-refractivity contribution >= 4 is 50.7 Å². The molecule has 0 atom stereocenters. The van der Waals surface area contributed by atoms with E-state index in [-0.39, 0.29) is 39.4 Å². The van der Waals surface area contributed by atoms with E-state index < -0.39 is 15.9 Å². The third kappa shape index (κ3) is 9.35. The van der Waals surface area contributed by atoms with E-state index >= 15 is 0 Å². The molecule has 12 heteroatoms. The molecule has 224 valence electrons. The second kappa shape index (κ2) is 15.2. The Bertz CT molecular complexity index is 1480. The Labute approximate surface area is 256 Å². The second-order valence-corrected chi connectivity index (χ2v) is 12.6. The monoisotopic (exact) mass is 632 g/mol. The topological polar surface area (TPSA) is 126 Å². The number of nitrogens with one attached hydrogen (secondary N) is 4. The predicted molar refractivity (Wildman–Crippen MR) is 165 cm³/mol. The molecule has 0 aliphatic carbocycles. The summed E-state index contributed by atoms with van der Waals surface area (Å²) in [4.78, 5) is 24.6. The molecule has 1 fully saturated rings. The molecule has 0 bridgehead atoms. The molecule has 0 radical (unpaired) electrons. The Morgan fingerprint density at radius 1 is 0.905 bits per heavy atom. The Kier molecular flexibility index (Phi) is 11.5. The van der Waals surface area contributed by atoms with Crippen molar-refractivity contribution in [3.8, 4) is 11.5 Å². The number of piperidine rings is 1. The fraction of sp³-hybridized carbons (Fsp3) is 0.333. The molecule has 0 saturated carbocycles. The van der Waals surface area contributed by atoms with Crippen LogP contribution in [0.4, 0.5) is 5.69 Å². The first-order chi connectivity index (χ1) is 20.2. The van der Waals surface area contributed by atoms with Crippen molar-refractivity contribution in [1.29, 1.82) is 0 Å². The van der Waals surface area contributed by atoms with Crippen molar-refractivity contribution in [3.05, 3.63) is 82.3 Å². The van der Waals surface area contributed by atoms with Gasteiger partial charge in [0.05, 0.1) is 22.2 Å². The minimum atomic E-state index is -4.02. The zero-order valence-corrected chi connectivity index (χ0v) is 25.3. The quantitative estimate of drug-likeness (QED) is 0.182. The molecule has 9 nitrogen and oxygen atoms in total. The van der Waals surface area contributed by atoms with Crippen LogP contribution in [-0.2, 0) is 14.8 Å². The second-order valence-electron chi connectivity index (χ2n) is 10.0. The molecule has 42 heavy (non-hydrogen) atoms.